The average Bonchev–Trinajstić information content (AvgIpc) is 2.46. The van der Waals surface area contributed by atoms with Gasteiger partial charge < -0.3 is 5.32 Å². The first-order valence-electron chi connectivity index (χ1n) is 7.31. The number of hydrogen-bond donors (Lipinski definition) is 2. The van der Waals surface area contributed by atoms with E-state index in [4.69, 9.17) is 23.8 Å². The minimum Gasteiger partial charge on any atom is -0.331 e. The average molecular weight is 346 g/mol. The fraction of sp³-hybridized carbons (Fsp3) is 0.222. The van der Waals surface area contributed by atoms with Crippen LogP contribution in [0.3, 0.4) is 0 Å². The van der Waals surface area contributed by atoms with Crippen molar-refractivity contribution in [3.8, 4) is 0 Å². The van der Waals surface area contributed by atoms with Gasteiger partial charge in [0, 0.05) is 16.3 Å². The van der Waals surface area contributed by atoms with Gasteiger partial charge in [-0.05, 0) is 68.7 Å². The Balaban J connectivity index is 2.03. The van der Waals surface area contributed by atoms with Crippen LogP contribution in [0.4, 0.5) is 5.69 Å². The smallest absolute Gasteiger partial charge is 0.191 e. The van der Waals surface area contributed by atoms with Gasteiger partial charge >= 0.3 is 0 Å². The number of rotatable bonds is 3. The van der Waals surface area contributed by atoms with Gasteiger partial charge in [-0.1, -0.05) is 35.4 Å². The second-order valence-electron chi connectivity index (χ2n) is 5.55. The van der Waals surface area contributed by atoms with Crippen LogP contribution in [0.5, 0.6) is 0 Å². The topological polar surface area (TPSA) is 36.4 Å². The van der Waals surface area contributed by atoms with Gasteiger partial charge in [-0.25, -0.2) is 0 Å². The van der Waals surface area contributed by atoms with Crippen molar-refractivity contribution >= 4 is 40.8 Å². The molecule has 2 aromatic carbocycles. The molecule has 0 unspecified atom stereocenters. The highest BCUT2D eigenvalue weighted by atomic mass is 35.5. The summed E-state index contributed by atoms with van der Waals surface area (Å²) >= 11 is 11.4. The van der Waals surface area contributed by atoms with Crippen LogP contribution in [0.25, 0.3) is 0 Å². The standard InChI is InChI=1S/C18H20ClN3S/c1-11-8-12(2)15(13(3)9-11)10-20-22-18(23)21-17-7-5-6-16(19)14(17)4/h5-10H,1-4H3,(H2,21,22,23)/b20-10-. The van der Waals surface area contributed by atoms with Gasteiger partial charge in [0.25, 0.3) is 0 Å². The molecule has 0 atom stereocenters. The number of hydrazone groups is 1. The lowest BCUT2D eigenvalue weighted by Crippen LogP contribution is -2.24. The van der Waals surface area contributed by atoms with Crippen molar-refractivity contribution < 1.29 is 0 Å². The molecule has 0 aliphatic heterocycles. The lowest BCUT2D eigenvalue weighted by atomic mass is 10.0. The Labute approximate surface area is 147 Å². The second kappa shape index (κ2) is 7.57. The van der Waals surface area contributed by atoms with E-state index >= 15 is 0 Å². The van der Waals surface area contributed by atoms with E-state index in [0.717, 1.165) is 16.8 Å². The molecular formula is C18H20ClN3S. The largest absolute Gasteiger partial charge is 0.331 e. The normalized spacial score (nSPS) is 10.8. The van der Waals surface area contributed by atoms with Crippen molar-refractivity contribution in [3.05, 3.63) is 63.2 Å². The first-order valence-corrected chi connectivity index (χ1v) is 8.10. The Morgan fingerprint density at radius 3 is 2.43 bits per heavy atom. The maximum atomic E-state index is 6.10. The molecule has 3 nitrogen and oxygen atoms in total. The van der Waals surface area contributed by atoms with Crippen molar-refractivity contribution in [1.29, 1.82) is 0 Å². The fourth-order valence-corrected chi connectivity index (χ4v) is 2.78. The number of hydrogen-bond acceptors (Lipinski definition) is 2. The van der Waals surface area contributed by atoms with Gasteiger partial charge in [0.1, 0.15) is 0 Å². The number of aryl methyl sites for hydroxylation is 3. The van der Waals surface area contributed by atoms with Crippen LogP contribution in [0.2, 0.25) is 5.02 Å². The number of nitrogens with one attached hydrogen (secondary N) is 2. The number of anilines is 1. The highest BCUT2D eigenvalue weighted by molar-refractivity contribution is 7.80. The summed E-state index contributed by atoms with van der Waals surface area (Å²) in [4.78, 5) is 0. The van der Waals surface area contributed by atoms with Crippen LogP contribution in [0.1, 0.15) is 27.8 Å². The van der Waals surface area contributed by atoms with E-state index in [0.29, 0.717) is 10.1 Å². The van der Waals surface area contributed by atoms with Crippen LogP contribution in [0.15, 0.2) is 35.4 Å². The molecule has 0 aliphatic rings. The van der Waals surface area contributed by atoms with Gasteiger partial charge in [-0.15, -0.1) is 0 Å². The number of benzene rings is 2. The zero-order valence-corrected chi connectivity index (χ0v) is 15.3. The quantitative estimate of drug-likeness (QED) is 0.472. The predicted molar refractivity (Wildman–Crippen MR) is 104 cm³/mol. The molecule has 2 N–H and O–H groups in total. The number of nitrogens with zero attached hydrogens (tertiary/aromatic N) is 1. The maximum Gasteiger partial charge on any atom is 0.191 e. The zero-order chi connectivity index (χ0) is 17.0. The van der Waals surface area contributed by atoms with Crippen LogP contribution in [-0.2, 0) is 0 Å². The van der Waals surface area contributed by atoms with Crippen molar-refractivity contribution in [3.63, 3.8) is 0 Å². The van der Waals surface area contributed by atoms with E-state index in [-0.39, 0.29) is 0 Å². The number of halogens is 1. The number of thiocarbonyl (C=S) groups is 1. The van der Waals surface area contributed by atoms with E-state index < -0.39 is 0 Å². The summed E-state index contributed by atoms with van der Waals surface area (Å²) in [6, 6.07) is 9.93. The molecule has 0 bridgehead atoms. The first-order chi connectivity index (χ1) is 10.9. The molecule has 0 spiro atoms. The molecule has 0 aliphatic carbocycles. The Morgan fingerprint density at radius 1 is 1.13 bits per heavy atom. The molecule has 5 heteroatoms. The van der Waals surface area contributed by atoms with Crippen LogP contribution >= 0.6 is 23.8 Å². The summed E-state index contributed by atoms with van der Waals surface area (Å²) in [7, 11) is 0. The van der Waals surface area contributed by atoms with E-state index in [1.165, 1.54) is 16.7 Å². The van der Waals surface area contributed by atoms with Crippen LogP contribution in [0, 0.1) is 27.7 Å². The Bertz CT molecular complexity index is 746. The summed E-state index contributed by atoms with van der Waals surface area (Å²) in [5, 5.41) is 8.45. The molecule has 23 heavy (non-hydrogen) atoms. The second-order valence-corrected chi connectivity index (χ2v) is 6.36. The zero-order valence-electron chi connectivity index (χ0n) is 13.7. The highest BCUT2D eigenvalue weighted by Gasteiger charge is 2.04. The monoisotopic (exact) mass is 345 g/mol. The van der Waals surface area contributed by atoms with Gasteiger partial charge in [-0.3, -0.25) is 5.43 Å². The highest BCUT2D eigenvalue weighted by Crippen LogP contribution is 2.22. The lowest BCUT2D eigenvalue weighted by Gasteiger charge is -2.11. The predicted octanol–water partition coefficient (Wildman–Crippen LogP) is 4.89. The lowest BCUT2D eigenvalue weighted by molar-refractivity contribution is 1.05. The Kier molecular flexibility index (Phi) is 5.74. The molecule has 0 amide bonds. The summed E-state index contributed by atoms with van der Waals surface area (Å²) < 4.78 is 0. The molecule has 0 fully saturated rings. The molecule has 2 rings (SSSR count). The summed E-state index contributed by atoms with van der Waals surface area (Å²) in [6.07, 6.45) is 1.79. The third kappa shape index (κ3) is 4.53. The third-order valence-corrected chi connectivity index (χ3v) is 4.22. The van der Waals surface area contributed by atoms with E-state index in [9.17, 15) is 0 Å². The maximum absolute atomic E-state index is 6.10. The first kappa shape index (κ1) is 17.4. The molecule has 0 aromatic heterocycles. The van der Waals surface area contributed by atoms with Crippen molar-refractivity contribution in [2.24, 2.45) is 5.10 Å². The molecule has 0 saturated heterocycles. The van der Waals surface area contributed by atoms with E-state index in [2.05, 4.69) is 48.7 Å². The van der Waals surface area contributed by atoms with Gasteiger partial charge in [0.15, 0.2) is 5.11 Å². The molecule has 120 valence electrons. The third-order valence-electron chi connectivity index (χ3n) is 3.61. The summed E-state index contributed by atoms with van der Waals surface area (Å²) in [6.45, 7) is 8.18. The van der Waals surface area contributed by atoms with Crippen molar-refractivity contribution in [1.82, 2.24) is 5.43 Å². The van der Waals surface area contributed by atoms with E-state index in [1.54, 1.807) is 6.21 Å². The minimum atomic E-state index is 0.425. The van der Waals surface area contributed by atoms with Crippen molar-refractivity contribution in [2.75, 3.05) is 5.32 Å². The van der Waals surface area contributed by atoms with Crippen LogP contribution in [-0.4, -0.2) is 11.3 Å². The summed E-state index contributed by atoms with van der Waals surface area (Å²) in [5.41, 5.74) is 9.40. The van der Waals surface area contributed by atoms with Gasteiger partial charge in [0.05, 0.1) is 6.21 Å². The molecular weight excluding hydrogens is 326 g/mol. The Morgan fingerprint density at radius 2 is 1.78 bits per heavy atom. The van der Waals surface area contributed by atoms with E-state index in [1.807, 2.05) is 25.1 Å². The summed E-state index contributed by atoms with van der Waals surface area (Å²) in [5.74, 6) is 0. The van der Waals surface area contributed by atoms with Gasteiger partial charge in [0.2, 0.25) is 0 Å². The Hall–Kier alpha value is -1.91. The molecule has 0 saturated carbocycles. The fourth-order valence-electron chi connectivity index (χ4n) is 2.44. The SMILES string of the molecule is Cc1cc(C)c(/C=N\NC(=S)Nc2cccc(Cl)c2C)c(C)c1. The van der Waals surface area contributed by atoms with Crippen molar-refractivity contribution in [2.45, 2.75) is 27.7 Å². The van der Waals surface area contributed by atoms with Crippen LogP contribution < -0.4 is 10.7 Å². The van der Waals surface area contributed by atoms with Gasteiger partial charge in [-0.2, -0.15) is 5.10 Å². The molecule has 0 radical (unpaired) electrons. The molecule has 2 aromatic rings. The minimum absolute atomic E-state index is 0.425. The molecule has 0 heterocycles.